The largest absolute Gasteiger partial charge is 0.481 e. The number of hydrogen-bond donors (Lipinski definition) is 2. The molecule has 0 aromatic rings. The number of ether oxygens (including phenoxy) is 1. The van der Waals surface area contributed by atoms with Gasteiger partial charge in [0, 0.05) is 13.0 Å². The van der Waals surface area contributed by atoms with Crippen LogP contribution < -0.4 is 4.72 Å². The average molecular weight is 295 g/mol. The van der Waals surface area contributed by atoms with Gasteiger partial charge in [0.1, 0.15) is 0 Å². The molecule has 0 saturated carbocycles. The van der Waals surface area contributed by atoms with Crippen molar-refractivity contribution in [2.75, 3.05) is 18.9 Å². The van der Waals surface area contributed by atoms with E-state index in [1.54, 1.807) is 13.8 Å². The lowest BCUT2D eigenvalue weighted by Crippen LogP contribution is -2.32. The Bertz CT molecular complexity index is 392. The van der Waals surface area contributed by atoms with Crippen molar-refractivity contribution in [3.63, 3.8) is 0 Å². The van der Waals surface area contributed by atoms with Crippen LogP contribution in [0.5, 0.6) is 0 Å². The lowest BCUT2D eigenvalue weighted by Gasteiger charge is -2.13. The van der Waals surface area contributed by atoms with Gasteiger partial charge in [0.15, 0.2) is 0 Å². The van der Waals surface area contributed by atoms with Gasteiger partial charge in [-0.3, -0.25) is 9.59 Å². The van der Waals surface area contributed by atoms with Crippen LogP contribution in [0.4, 0.5) is 0 Å². The van der Waals surface area contributed by atoms with Crippen molar-refractivity contribution in [3.05, 3.63) is 0 Å². The highest BCUT2D eigenvalue weighted by molar-refractivity contribution is 7.89. The number of sulfonamides is 1. The van der Waals surface area contributed by atoms with Crippen LogP contribution in [0.25, 0.3) is 0 Å². The smallest absolute Gasteiger partial charge is 0.306 e. The fourth-order valence-corrected chi connectivity index (χ4v) is 2.45. The predicted octanol–water partition coefficient (Wildman–Crippen LogP) is 0.360. The molecule has 0 heterocycles. The Kier molecular flexibility index (Phi) is 8.33. The van der Waals surface area contributed by atoms with Crippen LogP contribution in [0, 0.1) is 5.92 Å². The highest BCUT2D eigenvalue weighted by Crippen LogP contribution is 2.07. The quantitative estimate of drug-likeness (QED) is 0.563. The van der Waals surface area contributed by atoms with Crippen LogP contribution in [-0.2, 0) is 24.3 Å². The summed E-state index contributed by atoms with van der Waals surface area (Å²) >= 11 is 0. The molecule has 0 aliphatic heterocycles. The van der Waals surface area contributed by atoms with Gasteiger partial charge in [-0.05, 0) is 12.8 Å². The fraction of sp³-hybridized carbons (Fsp3) is 0.818. The Hall–Kier alpha value is -1.15. The highest BCUT2D eigenvalue weighted by Gasteiger charge is 2.17. The van der Waals surface area contributed by atoms with E-state index in [0.717, 1.165) is 0 Å². The molecule has 0 aliphatic rings. The van der Waals surface area contributed by atoms with Crippen molar-refractivity contribution >= 4 is 22.0 Å². The highest BCUT2D eigenvalue weighted by atomic mass is 32.2. The van der Waals surface area contributed by atoms with Gasteiger partial charge in [0.05, 0.1) is 18.8 Å². The zero-order valence-corrected chi connectivity index (χ0v) is 12.0. The molecule has 1 atom stereocenters. The molecule has 0 aromatic carbocycles. The summed E-state index contributed by atoms with van der Waals surface area (Å²) < 4.78 is 30.1. The van der Waals surface area contributed by atoms with Gasteiger partial charge in [-0.25, -0.2) is 13.1 Å². The number of carbonyl (C=O) groups is 2. The third kappa shape index (κ3) is 9.43. The second-order valence-corrected chi connectivity index (χ2v) is 6.02. The van der Waals surface area contributed by atoms with Crippen LogP contribution in [0.15, 0.2) is 0 Å². The lowest BCUT2D eigenvalue weighted by atomic mass is 10.0. The van der Waals surface area contributed by atoms with E-state index >= 15 is 0 Å². The Labute approximate surface area is 113 Å². The molecule has 0 bridgehead atoms. The van der Waals surface area contributed by atoms with Gasteiger partial charge in [-0.2, -0.15) is 0 Å². The molecule has 0 aliphatic carbocycles. The molecule has 0 saturated heterocycles. The van der Waals surface area contributed by atoms with E-state index < -0.39 is 22.0 Å². The van der Waals surface area contributed by atoms with Crippen molar-refractivity contribution in [1.82, 2.24) is 4.72 Å². The number of nitrogens with one attached hydrogen (secondary N) is 1. The maximum Gasteiger partial charge on any atom is 0.306 e. The summed E-state index contributed by atoms with van der Waals surface area (Å²) in [6.07, 6.45) is 0.266. The Morgan fingerprint density at radius 2 is 1.95 bits per heavy atom. The molecule has 2 N–H and O–H groups in total. The Morgan fingerprint density at radius 3 is 2.42 bits per heavy atom. The molecule has 112 valence electrons. The van der Waals surface area contributed by atoms with E-state index in [9.17, 15) is 18.0 Å². The maximum atomic E-state index is 11.6. The molecule has 0 spiro atoms. The molecule has 19 heavy (non-hydrogen) atoms. The molecule has 0 fully saturated rings. The number of aliphatic carboxylic acids is 1. The number of carboxylic acids is 1. The topological polar surface area (TPSA) is 110 Å². The number of carbonyl (C=O) groups excluding carboxylic acids is 1. The van der Waals surface area contributed by atoms with Gasteiger partial charge >= 0.3 is 11.9 Å². The van der Waals surface area contributed by atoms with Crippen molar-refractivity contribution in [2.45, 2.75) is 33.1 Å². The van der Waals surface area contributed by atoms with Gasteiger partial charge in [-0.15, -0.1) is 0 Å². The summed E-state index contributed by atoms with van der Waals surface area (Å²) in [6.45, 7) is 3.71. The van der Waals surface area contributed by atoms with E-state index in [4.69, 9.17) is 5.11 Å². The summed E-state index contributed by atoms with van der Waals surface area (Å²) in [7, 11) is -3.58. The minimum absolute atomic E-state index is 0.0635. The summed E-state index contributed by atoms with van der Waals surface area (Å²) in [5.74, 6) is -2.13. The summed E-state index contributed by atoms with van der Waals surface area (Å²) in [5, 5.41) is 8.64. The molecule has 8 heteroatoms. The van der Waals surface area contributed by atoms with Crippen molar-refractivity contribution in [3.8, 4) is 0 Å². The summed E-state index contributed by atoms with van der Waals surface area (Å²) in [5.41, 5.74) is 0. The van der Waals surface area contributed by atoms with E-state index in [0.29, 0.717) is 6.42 Å². The van der Waals surface area contributed by atoms with Gasteiger partial charge in [0.2, 0.25) is 10.0 Å². The Balaban J connectivity index is 4.14. The number of carboxylic acid groups (broad SMARTS) is 1. The fourth-order valence-electron chi connectivity index (χ4n) is 1.38. The molecule has 0 radical (unpaired) electrons. The molecule has 7 nitrogen and oxygen atoms in total. The monoisotopic (exact) mass is 295 g/mol. The molecule has 0 rings (SSSR count). The predicted molar refractivity (Wildman–Crippen MR) is 69.1 cm³/mol. The van der Waals surface area contributed by atoms with Crippen LogP contribution in [0.2, 0.25) is 0 Å². The molecule has 1 unspecified atom stereocenters. The van der Waals surface area contributed by atoms with E-state index in [2.05, 4.69) is 9.46 Å². The zero-order valence-electron chi connectivity index (χ0n) is 11.2. The van der Waals surface area contributed by atoms with Crippen LogP contribution >= 0.6 is 0 Å². The second kappa shape index (κ2) is 8.87. The second-order valence-electron chi connectivity index (χ2n) is 4.09. The average Bonchev–Trinajstić information content (AvgIpc) is 2.32. The minimum atomic E-state index is -3.58. The standard InChI is InChI=1S/C11H21NO6S/c1-3-9(7-10(13)14)8-12-19(16,17)6-5-11(15)18-4-2/h9,12H,3-8H2,1-2H3,(H,13,14). The molecular weight excluding hydrogens is 274 g/mol. The van der Waals surface area contributed by atoms with Crippen molar-refractivity contribution in [2.24, 2.45) is 5.92 Å². The number of hydrogen-bond acceptors (Lipinski definition) is 5. The first kappa shape index (κ1) is 17.8. The maximum absolute atomic E-state index is 11.6. The zero-order chi connectivity index (χ0) is 14.9. The third-order valence-corrected chi connectivity index (χ3v) is 3.86. The molecule has 0 aromatic heterocycles. The van der Waals surface area contributed by atoms with Crippen LogP contribution in [0.1, 0.15) is 33.1 Å². The first-order valence-electron chi connectivity index (χ1n) is 6.15. The van der Waals surface area contributed by atoms with E-state index in [-0.39, 0.29) is 37.7 Å². The summed E-state index contributed by atoms with van der Waals surface area (Å²) in [6, 6.07) is 0. The molecular formula is C11H21NO6S. The summed E-state index contributed by atoms with van der Waals surface area (Å²) in [4.78, 5) is 21.6. The SMILES string of the molecule is CCOC(=O)CCS(=O)(=O)NCC(CC)CC(=O)O. The van der Waals surface area contributed by atoms with Gasteiger partial charge < -0.3 is 9.84 Å². The normalized spacial score (nSPS) is 12.9. The minimum Gasteiger partial charge on any atom is -0.481 e. The van der Waals surface area contributed by atoms with Gasteiger partial charge in [-0.1, -0.05) is 13.3 Å². The first-order valence-corrected chi connectivity index (χ1v) is 7.80. The van der Waals surface area contributed by atoms with E-state index in [1.807, 2.05) is 0 Å². The Morgan fingerprint density at radius 1 is 1.32 bits per heavy atom. The van der Waals surface area contributed by atoms with Crippen molar-refractivity contribution < 1.29 is 27.9 Å². The van der Waals surface area contributed by atoms with Crippen LogP contribution in [-0.4, -0.2) is 44.4 Å². The lowest BCUT2D eigenvalue weighted by molar-refractivity contribution is -0.142. The first-order chi connectivity index (χ1) is 8.80. The van der Waals surface area contributed by atoms with Gasteiger partial charge in [0.25, 0.3) is 0 Å². The van der Waals surface area contributed by atoms with Crippen molar-refractivity contribution in [1.29, 1.82) is 0 Å². The van der Waals surface area contributed by atoms with E-state index in [1.165, 1.54) is 0 Å². The number of rotatable bonds is 10. The van der Waals surface area contributed by atoms with Crippen LogP contribution in [0.3, 0.4) is 0 Å². The third-order valence-electron chi connectivity index (χ3n) is 2.51. The molecule has 0 amide bonds. The number of esters is 1.